The van der Waals surface area contributed by atoms with Gasteiger partial charge in [0.25, 0.3) is 0 Å². The van der Waals surface area contributed by atoms with Gasteiger partial charge in [0.15, 0.2) is 0 Å². The second kappa shape index (κ2) is 22.2. The van der Waals surface area contributed by atoms with E-state index in [2.05, 4.69) is 128 Å². The molecule has 9 aromatic rings. The number of benzene rings is 6. The van der Waals surface area contributed by atoms with E-state index < -0.39 is 0 Å². The van der Waals surface area contributed by atoms with Crippen molar-refractivity contribution >= 4 is 0 Å². The monoisotopic (exact) mass is 1160 g/mol. The summed E-state index contributed by atoms with van der Waals surface area (Å²) in [5.41, 5.74) is 16.4. The van der Waals surface area contributed by atoms with Crippen LogP contribution in [0.25, 0.3) is 56.0 Å². The molecule has 0 saturated heterocycles. The second-order valence-electron chi connectivity index (χ2n) is 21.5. The summed E-state index contributed by atoms with van der Waals surface area (Å²) in [5, 5.41) is 0. The molecular weight excluding hydrogens is 1100 g/mol. The average molecular weight is 1160 g/mol. The summed E-state index contributed by atoms with van der Waals surface area (Å²) >= 11 is 0. The van der Waals surface area contributed by atoms with Crippen LogP contribution >= 0.6 is 0 Å². The molecule has 0 amide bonds. The van der Waals surface area contributed by atoms with Crippen LogP contribution in [0.3, 0.4) is 0 Å². The smallest absolute Gasteiger partial charge is 0.304 e. The van der Waals surface area contributed by atoms with Gasteiger partial charge in [-0.05, 0) is 143 Å². The second-order valence-corrected chi connectivity index (χ2v) is 21.5. The van der Waals surface area contributed by atoms with Crippen molar-refractivity contribution in [2.24, 2.45) is 0 Å². The fourth-order valence-electron chi connectivity index (χ4n) is 13.2. The number of halogens is 2. The molecular formula is C69H60F2IrN3. The molecule has 0 spiro atoms. The molecule has 3 aromatic heterocycles. The van der Waals surface area contributed by atoms with Gasteiger partial charge in [-0.15, -0.1) is 84.4 Å². The molecule has 3 saturated carbocycles. The van der Waals surface area contributed by atoms with Gasteiger partial charge >= 0.3 is 20.1 Å². The first kappa shape index (κ1) is 50.4. The van der Waals surface area contributed by atoms with E-state index in [9.17, 15) is 8.78 Å². The Morgan fingerprint density at radius 2 is 0.973 bits per heavy atom. The fraction of sp³-hybridized carbons (Fsp3) is 0.261. The average Bonchev–Trinajstić information content (AvgIpc) is 4.16. The van der Waals surface area contributed by atoms with Crippen molar-refractivity contribution in [3.05, 3.63) is 246 Å². The Balaban J connectivity index is 0.00000602. The van der Waals surface area contributed by atoms with Gasteiger partial charge in [-0.3, -0.25) is 8.78 Å². The van der Waals surface area contributed by atoms with Gasteiger partial charge in [0.2, 0.25) is 0 Å². The van der Waals surface area contributed by atoms with Crippen LogP contribution in [-0.2, 0) is 43.8 Å². The number of hydrogen-bond acceptors (Lipinski definition) is 3. The molecule has 0 bridgehead atoms. The third-order valence-electron chi connectivity index (χ3n) is 17.0. The third-order valence-corrected chi connectivity index (χ3v) is 17.0. The Labute approximate surface area is 455 Å². The molecule has 12 rings (SSSR count). The van der Waals surface area contributed by atoms with E-state index >= 15 is 0 Å². The van der Waals surface area contributed by atoms with Crippen LogP contribution in [0, 0.1) is 29.8 Å². The number of aromatic nitrogens is 3. The summed E-state index contributed by atoms with van der Waals surface area (Å²) in [4.78, 5) is 15.0. The van der Waals surface area contributed by atoms with E-state index in [1.807, 2.05) is 36.7 Å². The van der Waals surface area contributed by atoms with Crippen LogP contribution in [0.5, 0.6) is 0 Å². The number of hydrogen-bond donors (Lipinski definition) is 0. The molecule has 6 heteroatoms. The molecule has 3 aliphatic carbocycles. The number of rotatable bonds is 13. The first-order valence-corrected chi connectivity index (χ1v) is 26.9. The SMILES string of the molecule is Fc1ccc[c-]c1-c1ccc(C2(Cc3cc(CC4(c5ccc(-c6[c-]cccc6F)nc5)CCCC4)cc(-c4ccccc4-c4cnc(-c5[c-]cccc5)cc4C4CCC(c5ccccc5)CC4)c3)CCCC2)cn1.[Ir+3]. The molecule has 75 heavy (non-hydrogen) atoms. The quantitative estimate of drug-likeness (QED) is 0.108. The maximum Gasteiger partial charge on any atom is 3.00 e. The van der Waals surface area contributed by atoms with E-state index in [1.54, 1.807) is 24.3 Å². The maximum absolute atomic E-state index is 15.0. The van der Waals surface area contributed by atoms with Gasteiger partial charge in [0.1, 0.15) is 0 Å². The van der Waals surface area contributed by atoms with Crippen molar-refractivity contribution in [2.75, 3.05) is 0 Å². The van der Waals surface area contributed by atoms with Crippen molar-refractivity contribution in [1.82, 2.24) is 15.0 Å². The Bertz CT molecular complexity index is 3240. The van der Waals surface area contributed by atoms with Crippen molar-refractivity contribution in [3.8, 4) is 56.0 Å². The van der Waals surface area contributed by atoms with Crippen molar-refractivity contribution < 1.29 is 28.9 Å². The van der Waals surface area contributed by atoms with Crippen LogP contribution in [0.15, 0.2) is 182 Å². The van der Waals surface area contributed by atoms with Crippen LogP contribution in [0.4, 0.5) is 8.78 Å². The molecule has 6 aromatic carbocycles. The zero-order chi connectivity index (χ0) is 49.9. The summed E-state index contributed by atoms with van der Waals surface area (Å²) in [6.07, 6.45) is 21.2. The Morgan fingerprint density at radius 1 is 0.453 bits per heavy atom. The molecule has 0 radical (unpaired) electrons. The van der Waals surface area contributed by atoms with Crippen LogP contribution < -0.4 is 0 Å². The molecule has 0 atom stereocenters. The molecule has 3 fully saturated rings. The first-order valence-electron chi connectivity index (χ1n) is 26.9. The summed E-state index contributed by atoms with van der Waals surface area (Å²) < 4.78 is 29.9. The van der Waals surface area contributed by atoms with Crippen LogP contribution in [0.1, 0.15) is 122 Å². The summed E-state index contributed by atoms with van der Waals surface area (Å²) in [7, 11) is 0. The van der Waals surface area contributed by atoms with Crippen LogP contribution in [0.2, 0.25) is 0 Å². The number of pyridine rings is 3. The standard InChI is InChI=1S/C69H60F2N3.Ir/c70-63-25-11-9-23-59(63)65-33-31-55(45-72-65)68(35-13-14-36-68)43-48-39-49(44-69(37-15-16-38-69)56-32-34-66(73-46-56)60-24-10-12-26-64(60)71)41-54(40-48)57-21-7-8-22-58(57)62-47-74-67(53-19-5-2-6-20-53)42-61(62)52-29-27-51(28-30-52)50-17-3-1-4-18-50;/h1-12,17-19,21-22,25-26,31-34,39-42,45-47,51-52H,13-16,27-30,35-38,43-44H2;/q-3;+3. The Morgan fingerprint density at radius 3 is 1.51 bits per heavy atom. The van der Waals surface area contributed by atoms with Gasteiger partial charge in [-0.25, -0.2) is 0 Å². The minimum atomic E-state index is -0.313. The van der Waals surface area contributed by atoms with Crippen molar-refractivity contribution in [1.29, 1.82) is 0 Å². The predicted octanol–water partition coefficient (Wildman–Crippen LogP) is 17.4. The Hall–Kier alpha value is -6.72. The zero-order valence-corrected chi connectivity index (χ0v) is 44.7. The van der Waals surface area contributed by atoms with Gasteiger partial charge in [0, 0.05) is 46.6 Å². The molecule has 0 N–H and O–H groups in total. The predicted molar refractivity (Wildman–Crippen MR) is 294 cm³/mol. The zero-order valence-electron chi connectivity index (χ0n) is 42.3. The molecule has 374 valence electrons. The maximum atomic E-state index is 15.0. The molecule has 3 aliphatic rings. The van der Waals surface area contributed by atoms with Gasteiger partial charge < -0.3 is 15.0 Å². The Kier molecular flexibility index (Phi) is 15.0. The van der Waals surface area contributed by atoms with Gasteiger partial charge in [-0.1, -0.05) is 140 Å². The number of nitrogens with zero attached hydrogens (tertiary/aromatic N) is 3. The van der Waals surface area contributed by atoms with Crippen LogP contribution in [-0.4, -0.2) is 15.0 Å². The molecule has 3 nitrogen and oxygen atoms in total. The summed E-state index contributed by atoms with van der Waals surface area (Å²) in [6, 6.07) is 65.8. The fourth-order valence-corrected chi connectivity index (χ4v) is 13.2. The van der Waals surface area contributed by atoms with E-state index in [0.29, 0.717) is 34.4 Å². The topological polar surface area (TPSA) is 38.7 Å². The normalized spacial score (nSPS) is 17.8. The molecule has 0 aliphatic heterocycles. The van der Waals surface area contributed by atoms with E-state index in [1.165, 1.54) is 67.8 Å². The summed E-state index contributed by atoms with van der Waals surface area (Å²) in [6.45, 7) is 0. The van der Waals surface area contributed by atoms with E-state index in [0.717, 1.165) is 101 Å². The minimum Gasteiger partial charge on any atom is -0.304 e. The molecule has 3 heterocycles. The third kappa shape index (κ3) is 10.5. The summed E-state index contributed by atoms with van der Waals surface area (Å²) in [5.74, 6) is 0.333. The van der Waals surface area contributed by atoms with Gasteiger partial charge in [-0.2, -0.15) is 0 Å². The van der Waals surface area contributed by atoms with E-state index in [4.69, 9.17) is 15.0 Å². The first-order chi connectivity index (χ1) is 36.4. The minimum absolute atomic E-state index is 0. The van der Waals surface area contributed by atoms with E-state index in [-0.39, 0.29) is 42.6 Å². The van der Waals surface area contributed by atoms with Crippen molar-refractivity contribution in [2.45, 2.75) is 113 Å². The molecule has 0 unspecified atom stereocenters. The largest absolute Gasteiger partial charge is 3.00 e. The van der Waals surface area contributed by atoms with Gasteiger partial charge in [0.05, 0.1) is 0 Å². The van der Waals surface area contributed by atoms with Crippen molar-refractivity contribution in [3.63, 3.8) is 0 Å².